The molecule has 0 bridgehead atoms. The van der Waals surface area contributed by atoms with Gasteiger partial charge in [-0.05, 0) is 6.42 Å². The number of nitrogens with one attached hydrogen (secondary N) is 1. The molecule has 6 heteroatoms. The average Bonchev–Trinajstić information content (AvgIpc) is 2.66. The molecule has 0 amide bonds. The maximum absolute atomic E-state index is 9.90. The van der Waals surface area contributed by atoms with Crippen molar-refractivity contribution in [2.45, 2.75) is 42.3 Å². The van der Waals surface area contributed by atoms with Gasteiger partial charge in [0.25, 0.3) is 6.02 Å². The summed E-state index contributed by atoms with van der Waals surface area (Å²) in [6, 6.07) is 0.187. The van der Waals surface area contributed by atoms with Gasteiger partial charge >= 0.3 is 0 Å². The third-order valence-electron chi connectivity index (χ3n) is 2.82. The zero-order valence-corrected chi connectivity index (χ0v) is 9.57. The third kappa shape index (κ3) is 1.81. The molecule has 5 unspecified atom stereocenters. The van der Waals surface area contributed by atoms with Crippen molar-refractivity contribution >= 4 is 17.8 Å². The molecule has 3 N–H and O–H groups in total. The monoisotopic (exact) mass is 232 g/mol. The van der Waals surface area contributed by atoms with Crippen LogP contribution < -0.4 is 5.32 Å². The molecule has 2 saturated heterocycles. The zero-order chi connectivity index (χ0) is 11.0. The fraction of sp³-hybridized carbons (Fsp3) is 0.889. The Labute approximate surface area is 92.9 Å². The molecule has 2 fully saturated rings. The maximum Gasteiger partial charge on any atom is 0.286 e. The highest BCUT2D eigenvalue weighted by molar-refractivity contribution is 8.00. The standard InChI is InChI=1S/C9H16N2O3S/c1-3-4-6(12)7(13)5-8(15-4)14-9(10-2)11-5/h4-8,12-13H,3H2,1-2H3,(H,10,11). The Morgan fingerprint density at radius 2 is 2.20 bits per heavy atom. The molecule has 0 aliphatic carbocycles. The van der Waals surface area contributed by atoms with E-state index in [1.165, 1.54) is 0 Å². The number of thioether (sulfide) groups is 1. The largest absolute Gasteiger partial charge is 0.449 e. The molecule has 0 aromatic carbocycles. The zero-order valence-electron chi connectivity index (χ0n) is 8.75. The van der Waals surface area contributed by atoms with Gasteiger partial charge in [-0.25, -0.2) is 4.99 Å². The number of rotatable bonds is 1. The average molecular weight is 232 g/mol. The van der Waals surface area contributed by atoms with E-state index in [1.807, 2.05) is 6.92 Å². The van der Waals surface area contributed by atoms with Crippen LogP contribution >= 0.6 is 11.8 Å². The second kappa shape index (κ2) is 4.19. The number of hydrogen-bond acceptors (Lipinski definition) is 5. The Bertz CT molecular complexity index is 274. The van der Waals surface area contributed by atoms with Gasteiger partial charge < -0.3 is 20.3 Å². The Kier molecular flexibility index (Phi) is 3.08. The molecule has 5 nitrogen and oxygen atoms in total. The number of aliphatic hydroxyl groups excluding tert-OH is 2. The molecule has 5 atom stereocenters. The first-order valence-electron chi connectivity index (χ1n) is 5.09. The lowest BCUT2D eigenvalue weighted by Crippen LogP contribution is -2.55. The van der Waals surface area contributed by atoms with Gasteiger partial charge in [-0.1, -0.05) is 6.92 Å². The Hall–Kier alpha value is -0.460. The van der Waals surface area contributed by atoms with Crippen molar-refractivity contribution < 1.29 is 14.9 Å². The summed E-state index contributed by atoms with van der Waals surface area (Å²) in [6.07, 6.45) is -0.678. The van der Waals surface area contributed by atoms with E-state index in [2.05, 4.69) is 10.3 Å². The number of ether oxygens (including phenoxy) is 1. The quantitative estimate of drug-likeness (QED) is 0.570. The molecule has 2 heterocycles. The van der Waals surface area contributed by atoms with E-state index in [0.29, 0.717) is 6.02 Å². The van der Waals surface area contributed by atoms with Crippen LogP contribution in [0.3, 0.4) is 0 Å². The van der Waals surface area contributed by atoms with Crippen molar-refractivity contribution in [2.24, 2.45) is 4.99 Å². The summed E-state index contributed by atoms with van der Waals surface area (Å²) in [6.45, 7) is 1.99. The molecule has 0 saturated carbocycles. The van der Waals surface area contributed by atoms with Crippen LogP contribution in [0.2, 0.25) is 0 Å². The van der Waals surface area contributed by atoms with E-state index < -0.39 is 12.2 Å². The molecule has 2 aliphatic heterocycles. The highest BCUT2D eigenvalue weighted by Gasteiger charge is 2.48. The number of nitrogens with zero attached hydrogens (tertiary/aromatic N) is 1. The van der Waals surface area contributed by atoms with Crippen LogP contribution in [0.1, 0.15) is 13.3 Å². The Morgan fingerprint density at radius 1 is 1.47 bits per heavy atom. The minimum absolute atomic E-state index is 0.0271. The second-order valence-corrected chi connectivity index (χ2v) is 5.09. The first-order chi connectivity index (χ1) is 7.17. The number of amidine groups is 1. The van der Waals surface area contributed by atoms with Gasteiger partial charge in [-0.2, -0.15) is 0 Å². The SMILES string of the molecule is CCC1SC2OC(=NC)NC2C(O)C1O. The van der Waals surface area contributed by atoms with Crippen LogP contribution in [0, 0.1) is 0 Å². The van der Waals surface area contributed by atoms with Crippen molar-refractivity contribution in [2.75, 3.05) is 7.05 Å². The number of fused-ring (bicyclic) bond motifs is 1. The minimum atomic E-state index is -0.791. The Balaban J connectivity index is 2.13. The van der Waals surface area contributed by atoms with Crippen molar-refractivity contribution in [3.05, 3.63) is 0 Å². The van der Waals surface area contributed by atoms with Crippen LogP contribution in [0.25, 0.3) is 0 Å². The van der Waals surface area contributed by atoms with Crippen LogP contribution in [0.5, 0.6) is 0 Å². The summed E-state index contributed by atoms with van der Waals surface area (Å²) < 4.78 is 5.50. The van der Waals surface area contributed by atoms with Crippen LogP contribution in [-0.4, -0.2) is 52.2 Å². The maximum atomic E-state index is 9.90. The second-order valence-electron chi connectivity index (χ2n) is 3.75. The van der Waals surface area contributed by atoms with Crippen molar-refractivity contribution in [1.82, 2.24) is 5.32 Å². The molecule has 86 valence electrons. The van der Waals surface area contributed by atoms with E-state index in [0.717, 1.165) is 6.42 Å². The molecule has 0 spiro atoms. The van der Waals surface area contributed by atoms with Gasteiger partial charge in [0.15, 0.2) is 5.44 Å². The first-order valence-corrected chi connectivity index (χ1v) is 6.03. The normalized spacial score (nSPS) is 47.2. The molecule has 0 aromatic rings. The molecular weight excluding hydrogens is 216 g/mol. The molecule has 0 radical (unpaired) electrons. The minimum Gasteiger partial charge on any atom is -0.449 e. The van der Waals surface area contributed by atoms with Gasteiger partial charge in [0.1, 0.15) is 12.1 Å². The summed E-state index contributed by atoms with van der Waals surface area (Å²) in [5.74, 6) is 0. The van der Waals surface area contributed by atoms with Gasteiger partial charge in [-0.15, -0.1) is 11.8 Å². The summed E-state index contributed by atoms with van der Waals surface area (Å²) in [5, 5.41) is 22.7. The summed E-state index contributed by atoms with van der Waals surface area (Å²) >= 11 is 1.56. The summed E-state index contributed by atoms with van der Waals surface area (Å²) in [4.78, 5) is 3.90. The van der Waals surface area contributed by atoms with E-state index in [-0.39, 0.29) is 16.7 Å². The molecule has 2 aliphatic rings. The topological polar surface area (TPSA) is 74.1 Å². The smallest absolute Gasteiger partial charge is 0.286 e. The lowest BCUT2D eigenvalue weighted by Gasteiger charge is -2.36. The predicted molar refractivity (Wildman–Crippen MR) is 58.8 cm³/mol. The van der Waals surface area contributed by atoms with Crippen LogP contribution in [0.15, 0.2) is 4.99 Å². The predicted octanol–water partition coefficient (Wildman–Crippen LogP) is -0.466. The van der Waals surface area contributed by atoms with Crippen molar-refractivity contribution in [1.29, 1.82) is 0 Å². The van der Waals surface area contributed by atoms with Crippen molar-refractivity contribution in [3.63, 3.8) is 0 Å². The molecule has 2 rings (SSSR count). The van der Waals surface area contributed by atoms with E-state index in [1.54, 1.807) is 18.8 Å². The number of aliphatic hydroxyl groups is 2. The lowest BCUT2D eigenvalue weighted by molar-refractivity contribution is -0.0140. The van der Waals surface area contributed by atoms with Gasteiger partial charge in [0.05, 0.1) is 6.10 Å². The Morgan fingerprint density at radius 3 is 2.80 bits per heavy atom. The highest BCUT2D eigenvalue weighted by Crippen LogP contribution is 2.37. The van der Waals surface area contributed by atoms with Crippen molar-refractivity contribution in [3.8, 4) is 0 Å². The van der Waals surface area contributed by atoms with Crippen LogP contribution in [-0.2, 0) is 4.74 Å². The fourth-order valence-corrected chi connectivity index (χ4v) is 3.33. The van der Waals surface area contributed by atoms with E-state index in [4.69, 9.17) is 4.74 Å². The fourth-order valence-electron chi connectivity index (χ4n) is 1.93. The molecular formula is C9H16N2O3S. The molecule has 15 heavy (non-hydrogen) atoms. The summed E-state index contributed by atoms with van der Waals surface area (Å²) in [5.41, 5.74) is -0.146. The van der Waals surface area contributed by atoms with E-state index in [9.17, 15) is 10.2 Å². The first kappa shape index (κ1) is 11.0. The van der Waals surface area contributed by atoms with Gasteiger partial charge in [-0.3, -0.25) is 0 Å². The summed E-state index contributed by atoms with van der Waals surface area (Å²) in [7, 11) is 1.63. The molecule has 0 aromatic heterocycles. The van der Waals surface area contributed by atoms with Gasteiger partial charge in [0, 0.05) is 12.3 Å². The van der Waals surface area contributed by atoms with E-state index >= 15 is 0 Å². The van der Waals surface area contributed by atoms with Crippen LogP contribution in [0.4, 0.5) is 0 Å². The van der Waals surface area contributed by atoms with Gasteiger partial charge in [0.2, 0.25) is 0 Å². The number of aliphatic imine (C=N–C) groups is 1. The third-order valence-corrected chi connectivity index (χ3v) is 4.44. The lowest BCUT2D eigenvalue weighted by atomic mass is 10.0. The number of hydrogen-bond donors (Lipinski definition) is 3. The highest BCUT2D eigenvalue weighted by atomic mass is 32.2.